The van der Waals surface area contributed by atoms with Crippen molar-refractivity contribution < 1.29 is 22.4 Å². The number of rotatable bonds is 10. The molecule has 136 valence electrons. The summed E-state index contributed by atoms with van der Waals surface area (Å²) in [5.41, 5.74) is 1.04. The van der Waals surface area contributed by atoms with Crippen LogP contribution in [-0.2, 0) is 27.9 Å². The Hall–Kier alpha value is -1.89. The average Bonchev–Trinajstić information content (AvgIpc) is 2.60. The summed E-state index contributed by atoms with van der Waals surface area (Å²) in [6.07, 6.45) is 1.58. The molecular formula is C19H24O5S. The molecular weight excluding hydrogens is 340 g/mol. The van der Waals surface area contributed by atoms with E-state index in [4.69, 9.17) is 14.0 Å². The first-order chi connectivity index (χ1) is 12.0. The molecule has 0 aromatic heterocycles. The van der Waals surface area contributed by atoms with E-state index in [2.05, 4.69) is 0 Å². The third-order valence-electron chi connectivity index (χ3n) is 3.76. The van der Waals surface area contributed by atoms with Crippen molar-refractivity contribution in [2.45, 2.75) is 38.2 Å². The van der Waals surface area contributed by atoms with E-state index in [1.54, 1.807) is 6.92 Å². The van der Waals surface area contributed by atoms with E-state index in [1.165, 1.54) is 0 Å². The minimum atomic E-state index is -4.16. The zero-order chi connectivity index (χ0) is 18.1. The van der Waals surface area contributed by atoms with E-state index in [1.807, 2.05) is 54.6 Å². The van der Waals surface area contributed by atoms with Crippen molar-refractivity contribution in [3.63, 3.8) is 0 Å². The summed E-state index contributed by atoms with van der Waals surface area (Å²) in [6.45, 7) is 2.47. The highest BCUT2D eigenvalue weighted by molar-refractivity contribution is 7.86. The van der Waals surface area contributed by atoms with Crippen LogP contribution in [0.5, 0.6) is 5.75 Å². The molecule has 1 N–H and O–H groups in total. The quantitative estimate of drug-likeness (QED) is 0.649. The number of ether oxygens (including phenoxy) is 2. The zero-order valence-electron chi connectivity index (χ0n) is 14.3. The number of aryl methyl sites for hydroxylation is 1. The molecule has 0 fully saturated rings. The molecule has 25 heavy (non-hydrogen) atoms. The standard InChI is InChI=1S/C19H24O5S/c1-2-23-19(25(20,21)22)10-6-9-16-11-13-18(14-12-16)24-15-17-7-4-3-5-8-17/h3-5,7-8,11-14,19H,2,6,9-10,15H2,1H3,(H,20,21,22). The predicted octanol–water partition coefficient (Wildman–Crippen LogP) is 3.84. The van der Waals surface area contributed by atoms with E-state index in [9.17, 15) is 8.42 Å². The van der Waals surface area contributed by atoms with Gasteiger partial charge in [0.15, 0.2) is 5.44 Å². The van der Waals surface area contributed by atoms with Crippen LogP contribution in [0.2, 0.25) is 0 Å². The summed E-state index contributed by atoms with van der Waals surface area (Å²) < 4.78 is 42.4. The van der Waals surface area contributed by atoms with Gasteiger partial charge in [-0.2, -0.15) is 8.42 Å². The van der Waals surface area contributed by atoms with Crippen LogP contribution in [0.25, 0.3) is 0 Å². The van der Waals surface area contributed by atoms with E-state index < -0.39 is 15.6 Å². The molecule has 0 spiro atoms. The summed E-state index contributed by atoms with van der Waals surface area (Å²) in [5, 5.41) is 0. The second kappa shape index (κ2) is 9.56. The van der Waals surface area contributed by atoms with Crippen molar-refractivity contribution in [1.29, 1.82) is 0 Å². The van der Waals surface area contributed by atoms with Gasteiger partial charge in [-0.1, -0.05) is 42.5 Å². The SMILES string of the molecule is CCOC(CCCc1ccc(OCc2ccccc2)cc1)S(=O)(=O)O. The van der Waals surface area contributed by atoms with Gasteiger partial charge in [0.05, 0.1) is 0 Å². The molecule has 0 radical (unpaired) electrons. The fourth-order valence-corrected chi connectivity index (χ4v) is 3.24. The van der Waals surface area contributed by atoms with Crippen molar-refractivity contribution in [2.24, 2.45) is 0 Å². The predicted molar refractivity (Wildman–Crippen MR) is 97.1 cm³/mol. The number of hydrogen-bond donors (Lipinski definition) is 1. The lowest BCUT2D eigenvalue weighted by Crippen LogP contribution is -2.24. The summed E-state index contributed by atoms with van der Waals surface area (Å²) >= 11 is 0. The summed E-state index contributed by atoms with van der Waals surface area (Å²) in [5.74, 6) is 0.790. The van der Waals surface area contributed by atoms with Gasteiger partial charge in [-0.15, -0.1) is 0 Å². The first kappa shape index (κ1) is 19.4. The largest absolute Gasteiger partial charge is 0.489 e. The fourth-order valence-electron chi connectivity index (χ4n) is 2.47. The Morgan fingerprint density at radius 2 is 1.68 bits per heavy atom. The minimum absolute atomic E-state index is 0.248. The van der Waals surface area contributed by atoms with E-state index in [0.717, 1.165) is 16.9 Å². The van der Waals surface area contributed by atoms with E-state index in [-0.39, 0.29) is 13.0 Å². The van der Waals surface area contributed by atoms with Gasteiger partial charge in [0.2, 0.25) is 0 Å². The monoisotopic (exact) mass is 364 g/mol. The highest BCUT2D eigenvalue weighted by Crippen LogP contribution is 2.17. The Morgan fingerprint density at radius 3 is 2.28 bits per heavy atom. The summed E-state index contributed by atoms with van der Waals surface area (Å²) in [6, 6.07) is 17.7. The molecule has 0 aliphatic carbocycles. The van der Waals surface area contributed by atoms with Crippen molar-refractivity contribution in [1.82, 2.24) is 0 Å². The Morgan fingerprint density at radius 1 is 1.00 bits per heavy atom. The maximum Gasteiger partial charge on any atom is 0.292 e. The lowest BCUT2D eigenvalue weighted by Gasteiger charge is -2.13. The molecule has 0 aliphatic rings. The summed E-state index contributed by atoms with van der Waals surface area (Å²) in [4.78, 5) is 0. The molecule has 2 aromatic rings. The molecule has 0 saturated carbocycles. The third-order valence-corrected chi connectivity index (χ3v) is 4.80. The van der Waals surface area contributed by atoms with Crippen molar-refractivity contribution >= 4 is 10.1 Å². The number of hydrogen-bond acceptors (Lipinski definition) is 4. The molecule has 6 heteroatoms. The summed E-state index contributed by atoms with van der Waals surface area (Å²) in [7, 11) is -4.16. The van der Waals surface area contributed by atoms with Crippen LogP contribution in [0.4, 0.5) is 0 Å². The molecule has 0 saturated heterocycles. The molecule has 1 unspecified atom stereocenters. The van der Waals surface area contributed by atoms with Crippen LogP contribution >= 0.6 is 0 Å². The average molecular weight is 364 g/mol. The van der Waals surface area contributed by atoms with Gasteiger partial charge >= 0.3 is 0 Å². The second-order valence-electron chi connectivity index (χ2n) is 5.71. The maximum absolute atomic E-state index is 11.2. The first-order valence-electron chi connectivity index (χ1n) is 8.32. The van der Waals surface area contributed by atoms with E-state index >= 15 is 0 Å². The van der Waals surface area contributed by atoms with Crippen LogP contribution in [0.3, 0.4) is 0 Å². The van der Waals surface area contributed by atoms with Crippen LogP contribution in [-0.4, -0.2) is 25.0 Å². The number of benzene rings is 2. The van der Waals surface area contributed by atoms with Crippen molar-refractivity contribution in [2.75, 3.05) is 6.61 Å². The highest BCUT2D eigenvalue weighted by atomic mass is 32.2. The van der Waals surface area contributed by atoms with Crippen LogP contribution in [0, 0.1) is 0 Å². The van der Waals surface area contributed by atoms with Gasteiger partial charge < -0.3 is 9.47 Å². The zero-order valence-corrected chi connectivity index (χ0v) is 15.1. The molecule has 2 rings (SSSR count). The van der Waals surface area contributed by atoms with Gasteiger partial charge in [0.25, 0.3) is 10.1 Å². The molecule has 5 nitrogen and oxygen atoms in total. The molecule has 0 aliphatic heterocycles. The lowest BCUT2D eigenvalue weighted by atomic mass is 10.1. The van der Waals surface area contributed by atoms with Gasteiger partial charge in [-0.05, 0) is 49.4 Å². The Labute approximate surface area is 149 Å². The van der Waals surface area contributed by atoms with Gasteiger partial charge in [-0.25, -0.2) is 0 Å². The Bertz CT molecular complexity index is 726. The minimum Gasteiger partial charge on any atom is -0.489 e. The fraction of sp³-hybridized carbons (Fsp3) is 0.368. The highest BCUT2D eigenvalue weighted by Gasteiger charge is 2.22. The molecule has 1 atom stereocenters. The van der Waals surface area contributed by atoms with Crippen LogP contribution in [0.1, 0.15) is 30.9 Å². The first-order valence-corrected chi connectivity index (χ1v) is 9.83. The third kappa shape index (κ3) is 6.86. The van der Waals surface area contributed by atoms with Crippen LogP contribution < -0.4 is 4.74 Å². The second-order valence-corrected chi connectivity index (χ2v) is 7.27. The van der Waals surface area contributed by atoms with Gasteiger partial charge in [0, 0.05) is 6.61 Å². The Kier molecular flexibility index (Phi) is 7.43. The smallest absolute Gasteiger partial charge is 0.292 e. The molecule has 0 bridgehead atoms. The Balaban J connectivity index is 1.80. The lowest BCUT2D eigenvalue weighted by molar-refractivity contribution is 0.103. The molecule has 2 aromatic carbocycles. The van der Waals surface area contributed by atoms with Crippen molar-refractivity contribution in [3.05, 3.63) is 65.7 Å². The van der Waals surface area contributed by atoms with Gasteiger partial charge in [-0.3, -0.25) is 4.55 Å². The maximum atomic E-state index is 11.2. The molecule has 0 heterocycles. The topological polar surface area (TPSA) is 72.8 Å². The van der Waals surface area contributed by atoms with E-state index in [0.29, 0.717) is 19.4 Å². The van der Waals surface area contributed by atoms with Gasteiger partial charge in [0.1, 0.15) is 12.4 Å². The van der Waals surface area contributed by atoms with Crippen molar-refractivity contribution in [3.8, 4) is 5.75 Å². The van der Waals surface area contributed by atoms with Crippen LogP contribution in [0.15, 0.2) is 54.6 Å². The molecule has 0 amide bonds. The normalized spacial score (nSPS) is 12.7.